The molecule has 76 heavy (non-hydrogen) atoms. The second-order valence-electron chi connectivity index (χ2n) is 21.6. The van der Waals surface area contributed by atoms with Crippen LogP contribution in [0.4, 0.5) is 0 Å². The zero-order valence-electron chi connectivity index (χ0n) is 43.7. The van der Waals surface area contributed by atoms with Gasteiger partial charge in [0.2, 0.25) is 53.2 Å². The number of amides is 9. The van der Waals surface area contributed by atoms with E-state index in [0.29, 0.717) is 83.5 Å². The van der Waals surface area contributed by atoms with Crippen LogP contribution in [0.25, 0.3) is 0 Å². The number of likely N-dealkylation sites (tertiary alicyclic amines) is 7. The fourth-order valence-electron chi connectivity index (χ4n) is 12.5. The third-order valence-electron chi connectivity index (χ3n) is 16.8. The van der Waals surface area contributed by atoms with Crippen molar-refractivity contribution < 1.29 is 72.9 Å². The van der Waals surface area contributed by atoms with Gasteiger partial charge in [-0.1, -0.05) is 20.3 Å². The largest absolute Gasteiger partial charge is 0.481 e. The Morgan fingerprint density at radius 1 is 0.447 bits per heavy atom. The normalized spacial score (nSPS) is 27.1. The van der Waals surface area contributed by atoms with E-state index in [9.17, 15) is 67.7 Å². The van der Waals surface area contributed by atoms with Gasteiger partial charge in [0.15, 0.2) is 0 Å². The summed E-state index contributed by atoms with van der Waals surface area (Å²) in [7, 11) is 0. The first-order valence-electron chi connectivity index (χ1n) is 27.4. The number of nitrogens with one attached hydrogen (secondary N) is 2. The Labute approximate surface area is 441 Å². The number of carboxylic acids is 3. The van der Waals surface area contributed by atoms with Crippen LogP contribution in [0.15, 0.2) is 0 Å². The summed E-state index contributed by atoms with van der Waals surface area (Å²) < 4.78 is 0. The molecule has 0 aromatic rings. The number of hydrogen-bond acceptors (Lipinski definition) is 13. The topological polar surface area (TPSA) is 338 Å². The summed E-state index contributed by atoms with van der Waals surface area (Å²) in [6.45, 7) is 4.98. The van der Waals surface area contributed by atoms with Crippen LogP contribution >= 0.6 is 0 Å². The first-order valence-corrected chi connectivity index (χ1v) is 27.4. The Balaban J connectivity index is 0.990. The molecule has 25 heteroatoms. The number of carbonyl (C=O) groups excluding carboxylic acids is 9. The van der Waals surface area contributed by atoms with Crippen LogP contribution in [-0.2, 0) is 57.5 Å². The Morgan fingerprint density at radius 3 is 1.11 bits per heavy atom. The highest BCUT2D eigenvalue weighted by Gasteiger charge is 2.50. The van der Waals surface area contributed by atoms with E-state index in [-0.39, 0.29) is 83.8 Å². The van der Waals surface area contributed by atoms with Crippen molar-refractivity contribution in [2.24, 2.45) is 11.7 Å². The minimum Gasteiger partial charge on any atom is -0.481 e. The van der Waals surface area contributed by atoms with E-state index >= 15 is 0 Å². The smallest absolute Gasteiger partial charge is 0.326 e. The minimum absolute atomic E-state index is 0.0946. The van der Waals surface area contributed by atoms with Crippen LogP contribution in [0.5, 0.6) is 0 Å². The van der Waals surface area contributed by atoms with Gasteiger partial charge in [-0.05, 0) is 109 Å². The molecule has 0 bridgehead atoms. The van der Waals surface area contributed by atoms with Gasteiger partial charge in [0.1, 0.15) is 54.4 Å². The molecule has 0 spiro atoms. The van der Waals surface area contributed by atoms with Gasteiger partial charge in [0.05, 0.1) is 6.04 Å². The number of rotatable bonds is 20. The van der Waals surface area contributed by atoms with Gasteiger partial charge in [-0.25, -0.2) is 4.79 Å². The van der Waals surface area contributed by atoms with Crippen molar-refractivity contribution in [1.29, 1.82) is 0 Å². The average Bonchev–Trinajstić information content (AvgIpc) is 4.25. The number of nitrogens with zero attached hydrogens (tertiary/aromatic N) is 7. The van der Waals surface area contributed by atoms with Crippen molar-refractivity contribution in [3.05, 3.63) is 0 Å². The molecule has 0 unspecified atom stereocenters. The molecule has 0 radical (unpaired) electrons. The van der Waals surface area contributed by atoms with Crippen LogP contribution in [0.2, 0.25) is 0 Å². The minimum atomic E-state index is -1.40. The van der Waals surface area contributed by atoms with Crippen molar-refractivity contribution in [1.82, 2.24) is 44.9 Å². The summed E-state index contributed by atoms with van der Waals surface area (Å²) in [5.41, 5.74) is 6.04. The van der Waals surface area contributed by atoms with Crippen LogP contribution in [-0.4, -0.2) is 227 Å². The lowest BCUT2D eigenvalue weighted by Gasteiger charge is -2.36. The van der Waals surface area contributed by atoms with E-state index < -0.39 is 138 Å². The Hall–Kier alpha value is -6.40. The monoisotopic (exact) mass is 1070 g/mol. The lowest BCUT2D eigenvalue weighted by molar-refractivity contribution is -0.153. The molecule has 0 aromatic heterocycles. The maximum absolute atomic E-state index is 14.5. The lowest BCUT2D eigenvalue weighted by Crippen LogP contribution is -2.59. The SMILES string of the molecule is CC[C@H](C)[C@H](NC(=O)[C@@H]1CCCN1C(=O)[C@@H]1CCCN1C(=O)[C@@H]1CCCN1C(=O)[C@H](CCC(=O)O)NC(=O)[C@@H]1CCCN1C(=O)[C@@H]1CCCN1C(=O)[C@@H]1CCCN1C(=O)[C@@H]1CCCN1C(=O)[C@@H](N)CCC(=O)O)C(=O)O. The molecular formula is C51H76N10O15. The maximum atomic E-state index is 14.5. The van der Waals surface area contributed by atoms with Crippen molar-refractivity contribution in [2.45, 2.75) is 196 Å². The third kappa shape index (κ3) is 12.4. The van der Waals surface area contributed by atoms with E-state index in [4.69, 9.17) is 10.8 Å². The summed E-state index contributed by atoms with van der Waals surface area (Å²) in [5, 5.41) is 33.9. The Kier molecular flexibility index (Phi) is 19.0. The predicted octanol–water partition coefficient (Wildman–Crippen LogP) is -0.919. The molecule has 7 N–H and O–H groups in total. The molecule has 7 saturated heterocycles. The molecule has 7 aliphatic rings. The van der Waals surface area contributed by atoms with Gasteiger partial charge < -0.3 is 66.0 Å². The van der Waals surface area contributed by atoms with Gasteiger partial charge in [-0.3, -0.25) is 52.7 Å². The summed E-state index contributed by atoms with van der Waals surface area (Å²) in [5.74, 6) is -8.64. The molecular weight excluding hydrogens is 993 g/mol. The van der Waals surface area contributed by atoms with Crippen LogP contribution < -0.4 is 16.4 Å². The van der Waals surface area contributed by atoms with Gasteiger partial charge in [-0.15, -0.1) is 0 Å². The van der Waals surface area contributed by atoms with Crippen molar-refractivity contribution >= 4 is 71.1 Å². The first kappa shape index (κ1) is 57.3. The van der Waals surface area contributed by atoms with Crippen molar-refractivity contribution in [3.8, 4) is 0 Å². The molecule has 7 aliphatic heterocycles. The van der Waals surface area contributed by atoms with E-state index in [1.54, 1.807) is 6.92 Å². The molecule has 25 nitrogen and oxygen atoms in total. The molecule has 0 aromatic carbocycles. The van der Waals surface area contributed by atoms with Crippen molar-refractivity contribution in [3.63, 3.8) is 0 Å². The summed E-state index contributed by atoms with van der Waals surface area (Å²) in [4.78, 5) is 172. The van der Waals surface area contributed by atoms with Gasteiger partial charge in [0.25, 0.3) is 0 Å². The second-order valence-corrected chi connectivity index (χ2v) is 21.6. The summed E-state index contributed by atoms with van der Waals surface area (Å²) >= 11 is 0. The highest BCUT2D eigenvalue weighted by atomic mass is 16.4. The lowest BCUT2D eigenvalue weighted by atomic mass is 9.98. The molecule has 0 saturated carbocycles. The van der Waals surface area contributed by atoms with Crippen LogP contribution in [0, 0.1) is 5.92 Å². The number of hydrogen-bond donors (Lipinski definition) is 6. The maximum Gasteiger partial charge on any atom is 0.326 e. The van der Waals surface area contributed by atoms with E-state index in [1.165, 1.54) is 34.3 Å². The fraction of sp³-hybridized carbons (Fsp3) is 0.765. The summed E-state index contributed by atoms with van der Waals surface area (Å²) in [6, 6.07) is -10.4. The van der Waals surface area contributed by atoms with E-state index in [2.05, 4.69) is 10.6 Å². The molecule has 11 atom stereocenters. The van der Waals surface area contributed by atoms with E-state index in [0.717, 1.165) is 0 Å². The Morgan fingerprint density at radius 2 is 0.750 bits per heavy atom. The predicted molar refractivity (Wildman–Crippen MR) is 266 cm³/mol. The number of carbonyl (C=O) groups is 12. The molecule has 7 fully saturated rings. The highest BCUT2D eigenvalue weighted by Crippen LogP contribution is 2.33. The number of nitrogens with two attached hydrogens (primary N) is 1. The zero-order chi connectivity index (χ0) is 55.1. The molecule has 420 valence electrons. The number of aliphatic carboxylic acids is 3. The quantitative estimate of drug-likeness (QED) is 0.0859. The van der Waals surface area contributed by atoms with Crippen molar-refractivity contribution in [2.75, 3.05) is 45.8 Å². The number of carboxylic acid groups (broad SMARTS) is 3. The molecule has 7 rings (SSSR count). The fourth-order valence-corrected chi connectivity index (χ4v) is 12.5. The van der Waals surface area contributed by atoms with Crippen LogP contribution in [0.3, 0.4) is 0 Å². The first-order chi connectivity index (χ1) is 36.2. The highest BCUT2D eigenvalue weighted by molar-refractivity contribution is 5.99. The molecule has 7 heterocycles. The zero-order valence-corrected chi connectivity index (χ0v) is 43.7. The van der Waals surface area contributed by atoms with Gasteiger partial charge >= 0.3 is 17.9 Å². The average molecular weight is 1070 g/mol. The Bertz CT molecular complexity index is 2280. The second kappa shape index (κ2) is 25.2. The summed E-state index contributed by atoms with van der Waals surface area (Å²) in [6.07, 6.45) is 4.60. The molecule has 0 aliphatic carbocycles. The molecule has 9 amide bonds. The van der Waals surface area contributed by atoms with Gasteiger partial charge in [0, 0.05) is 58.7 Å². The third-order valence-corrected chi connectivity index (χ3v) is 16.8. The van der Waals surface area contributed by atoms with Gasteiger partial charge in [-0.2, -0.15) is 0 Å². The standard InChI is InChI=1S/C51H76N10O15/c1-3-29(2)41(51(75)76)54-43(67)33-12-5-23-56(33)47(71)37-16-8-26-59(37)49(73)35-14-7-25-58(35)45(69)31(19-21-40(64)65)53-42(66)32-11-4-22-55(32)46(70)36-15-9-27-60(36)50(74)38-17-10-28-61(38)48(72)34-13-6-24-57(34)44(68)30(52)18-20-39(62)63/h29-38,41H,3-28,52H2,1-2H3,(H,53,66)(H,54,67)(H,62,63)(H,64,65)(H,75,76)/t29-,30-,31-,32-,33-,34-,35-,36-,37-,38-,41-/m0/s1. The van der Waals surface area contributed by atoms with Crippen LogP contribution in [0.1, 0.15) is 136 Å². The van der Waals surface area contributed by atoms with E-state index in [1.807, 2.05) is 6.92 Å².